The van der Waals surface area contributed by atoms with Crippen LogP contribution in [0.3, 0.4) is 0 Å². The molecule has 1 amide bonds. The standard InChI is InChI=1S/C10H17NO2/c1-10(6-5-9(12)11-10)8-4-2-3-7-13-8/h8H,2-7H2,1H3,(H,11,12). The van der Waals surface area contributed by atoms with Crippen molar-refractivity contribution in [3.63, 3.8) is 0 Å². The second-order valence-electron chi connectivity index (χ2n) is 4.32. The minimum atomic E-state index is -0.0858. The van der Waals surface area contributed by atoms with Crippen molar-refractivity contribution in [1.82, 2.24) is 5.32 Å². The van der Waals surface area contributed by atoms with Crippen LogP contribution in [-0.4, -0.2) is 24.2 Å². The largest absolute Gasteiger partial charge is 0.376 e. The van der Waals surface area contributed by atoms with Crippen molar-refractivity contribution >= 4 is 5.91 Å². The third-order valence-electron chi connectivity index (χ3n) is 3.19. The Balaban J connectivity index is 2.01. The van der Waals surface area contributed by atoms with Gasteiger partial charge in [0.1, 0.15) is 0 Å². The second-order valence-corrected chi connectivity index (χ2v) is 4.32. The predicted molar refractivity (Wildman–Crippen MR) is 49.4 cm³/mol. The zero-order valence-corrected chi connectivity index (χ0v) is 8.14. The van der Waals surface area contributed by atoms with E-state index in [0.717, 1.165) is 19.4 Å². The molecule has 2 atom stereocenters. The first kappa shape index (κ1) is 9.00. The highest BCUT2D eigenvalue weighted by molar-refractivity contribution is 5.79. The van der Waals surface area contributed by atoms with Crippen LogP contribution in [-0.2, 0) is 9.53 Å². The summed E-state index contributed by atoms with van der Waals surface area (Å²) < 4.78 is 5.70. The van der Waals surface area contributed by atoms with Gasteiger partial charge in [0.05, 0.1) is 11.6 Å². The maximum Gasteiger partial charge on any atom is 0.220 e. The summed E-state index contributed by atoms with van der Waals surface area (Å²) in [7, 11) is 0. The third kappa shape index (κ3) is 1.70. The van der Waals surface area contributed by atoms with Crippen LogP contribution >= 0.6 is 0 Å². The Morgan fingerprint density at radius 1 is 1.54 bits per heavy atom. The molecule has 3 heteroatoms. The molecule has 2 saturated heterocycles. The fraction of sp³-hybridized carbons (Fsp3) is 0.900. The molecule has 0 saturated carbocycles. The topological polar surface area (TPSA) is 38.3 Å². The Morgan fingerprint density at radius 2 is 2.38 bits per heavy atom. The summed E-state index contributed by atoms with van der Waals surface area (Å²) in [6, 6.07) is 0. The number of amides is 1. The van der Waals surface area contributed by atoms with Crippen LogP contribution in [0.4, 0.5) is 0 Å². The molecular weight excluding hydrogens is 166 g/mol. The zero-order valence-electron chi connectivity index (χ0n) is 8.14. The highest BCUT2D eigenvalue weighted by Gasteiger charge is 2.41. The van der Waals surface area contributed by atoms with Gasteiger partial charge in [-0.25, -0.2) is 0 Å². The van der Waals surface area contributed by atoms with E-state index < -0.39 is 0 Å². The summed E-state index contributed by atoms with van der Waals surface area (Å²) >= 11 is 0. The smallest absolute Gasteiger partial charge is 0.220 e. The van der Waals surface area contributed by atoms with Crippen molar-refractivity contribution in [2.75, 3.05) is 6.61 Å². The van der Waals surface area contributed by atoms with Gasteiger partial charge in [-0.05, 0) is 32.6 Å². The lowest BCUT2D eigenvalue weighted by atomic mass is 9.88. The molecular formula is C10H17NO2. The molecule has 0 radical (unpaired) electrons. The monoisotopic (exact) mass is 183 g/mol. The number of hydrogen-bond donors (Lipinski definition) is 1. The quantitative estimate of drug-likeness (QED) is 0.664. The lowest BCUT2D eigenvalue weighted by Crippen LogP contribution is -2.51. The predicted octanol–water partition coefficient (Wildman–Crippen LogP) is 1.22. The normalized spacial score (nSPS) is 40.4. The van der Waals surface area contributed by atoms with Crippen LogP contribution in [0.1, 0.15) is 39.0 Å². The van der Waals surface area contributed by atoms with E-state index in [-0.39, 0.29) is 17.6 Å². The molecule has 2 fully saturated rings. The summed E-state index contributed by atoms with van der Waals surface area (Å²) in [5.74, 6) is 0.177. The molecule has 2 rings (SSSR count). The van der Waals surface area contributed by atoms with Crippen molar-refractivity contribution < 1.29 is 9.53 Å². The highest BCUT2D eigenvalue weighted by atomic mass is 16.5. The molecule has 0 spiro atoms. The molecule has 2 heterocycles. The van der Waals surface area contributed by atoms with Gasteiger partial charge in [0, 0.05) is 13.0 Å². The van der Waals surface area contributed by atoms with Crippen LogP contribution in [0.5, 0.6) is 0 Å². The van der Waals surface area contributed by atoms with Gasteiger partial charge in [0.2, 0.25) is 5.91 Å². The fourth-order valence-electron chi connectivity index (χ4n) is 2.30. The van der Waals surface area contributed by atoms with E-state index in [1.54, 1.807) is 0 Å². The first-order chi connectivity index (χ1) is 6.21. The Labute approximate surface area is 78.8 Å². The van der Waals surface area contributed by atoms with Gasteiger partial charge in [0.15, 0.2) is 0 Å². The van der Waals surface area contributed by atoms with Gasteiger partial charge in [-0.3, -0.25) is 4.79 Å². The molecule has 2 aliphatic heterocycles. The highest BCUT2D eigenvalue weighted by Crippen LogP contribution is 2.30. The van der Waals surface area contributed by atoms with Crippen molar-refractivity contribution in [3.05, 3.63) is 0 Å². The van der Waals surface area contributed by atoms with E-state index in [1.807, 2.05) is 0 Å². The summed E-state index contributed by atoms with van der Waals surface area (Å²) in [6.07, 6.45) is 5.33. The van der Waals surface area contributed by atoms with Crippen LogP contribution in [0.25, 0.3) is 0 Å². The summed E-state index contributed by atoms with van der Waals surface area (Å²) in [6.45, 7) is 2.96. The minimum absolute atomic E-state index is 0.0858. The zero-order chi connectivity index (χ0) is 9.31. The third-order valence-corrected chi connectivity index (χ3v) is 3.19. The number of carbonyl (C=O) groups is 1. The number of ether oxygens (including phenoxy) is 1. The molecule has 0 bridgehead atoms. The average Bonchev–Trinajstić information content (AvgIpc) is 2.49. The van der Waals surface area contributed by atoms with Crippen LogP contribution < -0.4 is 5.32 Å². The van der Waals surface area contributed by atoms with Crippen LogP contribution in [0.15, 0.2) is 0 Å². The maximum absolute atomic E-state index is 11.1. The Morgan fingerprint density at radius 3 is 2.92 bits per heavy atom. The maximum atomic E-state index is 11.1. The first-order valence-electron chi connectivity index (χ1n) is 5.13. The molecule has 0 aromatic heterocycles. The Bertz CT molecular complexity index is 211. The van der Waals surface area contributed by atoms with E-state index in [2.05, 4.69) is 12.2 Å². The molecule has 0 aromatic rings. The van der Waals surface area contributed by atoms with Crippen molar-refractivity contribution in [2.24, 2.45) is 0 Å². The number of hydrogen-bond acceptors (Lipinski definition) is 2. The summed E-state index contributed by atoms with van der Waals surface area (Å²) in [5, 5.41) is 3.04. The molecule has 74 valence electrons. The molecule has 2 unspecified atom stereocenters. The van der Waals surface area contributed by atoms with Gasteiger partial charge in [-0.15, -0.1) is 0 Å². The summed E-state index contributed by atoms with van der Waals surface area (Å²) in [4.78, 5) is 11.1. The van der Waals surface area contributed by atoms with Gasteiger partial charge in [-0.1, -0.05) is 0 Å². The van der Waals surface area contributed by atoms with Crippen molar-refractivity contribution in [3.8, 4) is 0 Å². The Kier molecular flexibility index (Phi) is 2.28. The number of nitrogens with one attached hydrogen (secondary N) is 1. The molecule has 0 aliphatic carbocycles. The van der Waals surface area contributed by atoms with E-state index >= 15 is 0 Å². The lowest BCUT2D eigenvalue weighted by Gasteiger charge is -2.36. The molecule has 1 N–H and O–H groups in total. The molecule has 2 aliphatic rings. The van der Waals surface area contributed by atoms with Gasteiger partial charge in [0.25, 0.3) is 0 Å². The van der Waals surface area contributed by atoms with E-state index in [1.165, 1.54) is 12.8 Å². The van der Waals surface area contributed by atoms with Crippen molar-refractivity contribution in [2.45, 2.75) is 50.7 Å². The SMILES string of the molecule is CC1(C2CCCCO2)CCC(=O)N1. The van der Waals surface area contributed by atoms with Crippen molar-refractivity contribution in [1.29, 1.82) is 0 Å². The minimum Gasteiger partial charge on any atom is -0.376 e. The van der Waals surface area contributed by atoms with E-state index in [4.69, 9.17) is 4.74 Å². The second kappa shape index (κ2) is 3.29. The van der Waals surface area contributed by atoms with Gasteiger partial charge >= 0.3 is 0 Å². The van der Waals surface area contributed by atoms with Gasteiger partial charge in [-0.2, -0.15) is 0 Å². The van der Waals surface area contributed by atoms with E-state index in [9.17, 15) is 4.79 Å². The lowest BCUT2D eigenvalue weighted by molar-refractivity contribution is -0.121. The molecule has 3 nitrogen and oxygen atoms in total. The Hall–Kier alpha value is -0.570. The van der Waals surface area contributed by atoms with Crippen LogP contribution in [0, 0.1) is 0 Å². The number of rotatable bonds is 1. The summed E-state index contributed by atoms with van der Waals surface area (Å²) in [5.41, 5.74) is -0.0858. The molecule has 13 heavy (non-hydrogen) atoms. The molecule has 0 aromatic carbocycles. The number of carbonyl (C=O) groups excluding carboxylic acids is 1. The first-order valence-corrected chi connectivity index (χ1v) is 5.13. The van der Waals surface area contributed by atoms with E-state index in [0.29, 0.717) is 6.42 Å². The van der Waals surface area contributed by atoms with Gasteiger partial charge < -0.3 is 10.1 Å². The van der Waals surface area contributed by atoms with Crippen LogP contribution in [0.2, 0.25) is 0 Å². The average molecular weight is 183 g/mol. The fourth-order valence-corrected chi connectivity index (χ4v) is 2.30.